The molecule has 1 aliphatic carbocycles. The van der Waals surface area contributed by atoms with Crippen molar-refractivity contribution in [1.82, 2.24) is 0 Å². The van der Waals surface area contributed by atoms with Crippen LogP contribution < -0.4 is 4.74 Å². The minimum absolute atomic E-state index is 0.171. The maximum absolute atomic E-state index is 10.8. The molecule has 1 aromatic carbocycles. The molecule has 1 aliphatic rings. The standard InChI is InChI=1S/C14H18O3/c1-9(2)17-12-5-6-13-10(7-12)3-4-11(13)8-14(15)16/h5-7,9,11H,3-4,8H2,1-2H3,(H,15,16). The molecule has 0 aliphatic heterocycles. The number of carbonyl (C=O) groups is 1. The molecular formula is C14H18O3. The maximum atomic E-state index is 10.8. The average Bonchev–Trinajstić information content (AvgIpc) is 2.59. The van der Waals surface area contributed by atoms with Crippen LogP contribution in [0.1, 0.15) is 43.7 Å². The predicted molar refractivity (Wildman–Crippen MR) is 65.5 cm³/mol. The fraction of sp³-hybridized carbons (Fsp3) is 0.500. The first kappa shape index (κ1) is 12.0. The highest BCUT2D eigenvalue weighted by molar-refractivity contribution is 5.68. The number of carboxylic acid groups (broad SMARTS) is 1. The van der Waals surface area contributed by atoms with E-state index in [1.165, 1.54) is 11.1 Å². The monoisotopic (exact) mass is 234 g/mol. The van der Waals surface area contributed by atoms with Gasteiger partial charge in [0.25, 0.3) is 0 Å². The SMILES string of the molecule is CC(C)Oc1ccc2c(c1)CCC2CC(=O)O. The summed E-state index contributed by atoms with van der Waals surface area (Å²) in [6, 6.07) is 6.02. The lowest BCUT2D eigenvalue weighted by atomic mass is 9.98. The fourth-order valence-electron chi connectivity index (χ4n) is 2.45. The number of hydrogen-bond donors (Lipinski definition) is 1. The van der Waals surface area contributed by atoms with Crippen LogP contribution in [0.5, 0.6) is 5.75 Å². The molecule has 3 nitrogen and oxygen atoms in total. The quantitative estimate of drug-likeness (QED) is 0.871. The van der Waals surface area contributed by atoms with Gasteiger partial charge in [0.2, 0.25) is 0 Å². The normalized spacial score (nSPS) is 18.2. The van der Waals surface area contributed by atoms with E-state index in [0.29, 0.717) is 0 Å². The van der Waals surface area contributed by atoms with Gasteiger partial charge in [-0.2, -0.15) is 0 Å². The van der Waals surface area contributed by atoms with Gasteiger partial charge in [0.05, 0.1) is 12.5 Å². The number of hydrogen-bond acceptors (Lipinski definition) is 2. The smallest absolute Gasteiger partial charge is 0.303 e. The molecule has 1 aromatic rings. The van der Waals surface area contributed by atoms with Crippen LogP contribution >= 0.6 is 0 Å². The lowest BCUT2D eigenvalue weighted by Gasteiger charge is -2.12. The molecule has 0 bridgehead atoms. The molecule has 0 saturated heterocycles. The van der Waals surface area contributed by atoms with Gasteiger partial charge >= 0.3 is 5.97 Å². The number of benzene rings is 1. The van der Waals surface area contributed by atoms with Gasteiger partial charge in [-0.3, -0.25) is 4.79 Å². The van der Waals surface area contributed by atoms with Crippen LogP contribution in [-0.2, 0) is 11.2 Å². The van der Waals surface area contributed by atoms with E-state index in [9.17, 15) is 4.79 Å². The van der Waals surface area contributed by atoms with Crippen LogP contribution in [0, 0.1) is 0 Å². The second-order valence-corrected chi connectivity index (χ2v) is 4.86. The first-order valence-electron chi connectivity index (χ1n) is 6.07. The Hall–Kier alpha value is -1.51. The largest absolute Gasteiger partial charge is 0.491 e. The van der Waals surface area contributed by atoms with E-state index in [-0.39, 0.29) is 18.4 Å². The summed E-state index contributed by atoms with van der Waals surface area (Å²) in [5.41, 5.74) is 2.43. The maximum Gasteiger partial charge on any atom is 0.303 e. The van der Waals surface area contributed by atoms with Crippen molar-refractivity contribution in [2.75, 3.05) is 0 Å². The lowest BCUT2D eigenvalue weighted by Crippen LogP contribution is -2.06. The molecule has 1 atom stereocenters. The van der Waals surface area contributed by atoms with E-state index >= 15 is 0 Å². The molecule has 0 aromatic heterocycles. The van der Waals surface area contributed by atoms with Crippen molar-refractivity contribution >= 4 is 5.97 Å². The summed E-state index contributed by atoms with van der Waals surface area (Å²) in [4.78, 5) is 10.8. The number of aliphatic carboxylic acids is 1. The van der Waals surface area contributed by atoms with Crippen molar-refractivity contribution in [2.24, 2.45) is 0 Å². The molecule has 92 valence electrons. The predicted octanol–water partition coefficient (Wildman–Crippen LogP) is 2.98. The zero-order chi connectivity index (χ0) is 12.4. The van der Waals surface area contributed by atoms with Crippen molar-refractivity contribution in [3.05, 3.63) is 29.3 Å². The van der Waals surface area contributed by atoms with Gasteiger partial charge in [0.1, 0.15) is 5.75 Å². The van der Waals surface area contributed by atoms with E-state index < -0.39 is 5.97 Å². The van der Waals surface area contributed by atoms with Gasteiger partial charge < -0.3 is 9.84 Å². The third kappa shape index (κ3) is 2.78. The topological polar surface area (TPSA) is 46.5 Å². The molecule has 0 amide bonds. The number of fused-ring (bicyclic) bond motifs is 1. The van der Waals surface area contributed by atoms with E-state index in [2.05, 4.69) is 6.07 Å². The zero-order valence-electron chi connectivity index (χ0n) is 10.3. The first-order valence-corrected chi connectivity index (χ1v) is 6.07. The summed E-state index contributed by atoms with van der Waals surface area (Å²) in [5, 5.41) is 8.85. The molecule has 1 N–H and O–H groups in total. The van der Waals surface area contributed by atoms with Crippen molar-refractivity contribution in [1.29, 1.82) is 0 Å². The minimum atomic E-state index is -0.717. The molecule has 17 heavy (non-hydrogen) atoms. The van der Waals surface area contributed by atoms with Crippen LogP contribution in [0.15, 0.2) is 18.2 Å². The van der Waals surface area contributed by atoms with Gasteiger partial charge in [-0.05, 0) is 55.9 Å². The highest BCUT2D eigenvalue weighted by atomic mass is 16.5. The van der Waals surface area contributed by atoms with Crippen molar-refractivity contribution in [2.45, 2.75) is 45.1 Å². The van der Waals surface area contributed by atoms with Crippen LogP contribution in [0.3, 0.4) is 0 Å². The molecule has 2 rings (SSSR count). The van der Waals surface area contributed by atoms with Crippen LogP contribution in [0.2, 0.25) is 0 Å². The Labute approximate surface area is 101 Å². The summed E-state index contributed by atoms with van der Waals surface area (Å²) in [7, 11) is 0. The highest BCUT2D eigenvalue weighted by Gasteiger charge is 2.24. The average molecular weight is 234 g/mol. The highest BCUT2D eigenvalue weighted by Crippen LogP contribution is 2.37. The lowest BCUT2D eigenvalue weighted by molar-refractivity contribution is -0.137. The Balaban J connectivity index is 2.16. The van der Waals surface area contributed by atoms with Crippen LogP contribution in [0.25, 0.3) is 0 Å². The molecule has 0 heterocycles. The van der Waals surface area contributed by atoms with Crippen LogP contribution in [-0.4, -0.2) is 17.2 Å². The Morgan fingerprint density at radius 3 is 2.94 bits per heavy atom. The van der Waals surface area contributed by atoms with Crippen LogP contribution in [0.4, 0.5) is 0 Å². The number of carboxylic acids is 1. The van der Waals surface area contributed by atoms with E-state index in [4.69, 9.17) is 9.84 Å². The Morgan fingerprint density at radius 2 is 2.29 bits per heavy atom. The molecule has 0 radical (unpaired) electrons. The van der Waals surface area contributed by atoms with E-state index in [1.807, 2.05) is 26.0 Å². The zero-order valence-corrected chi connectivity index (χ0v) is 10.3. The molecule has 0 saturated carbocycles. The van der Waals surface area contributed by atoms with Gasteiger partial charge in [-0.25, -0.2) is 0 Å². The third-order valence-corrected chi connectivity index (χ3v) is 3.11. The van der Waals surface area contributed by atoms with Gasteiger partial charge in [-0.15, -0.1) is 0 Å². The summed E-state index contributed by atoms with van der Waals surface area (Å²) >= 11 is 0. The van der Waals surface area contributed by atoms with E-state index in [1.54, 1.807) is 0 Å². The van der Waals surface area contributed by atoms with Gasteiger partial charge in [0.15, 0.2) is 0 Å². The Bertz CT molecular complexity index is 423. The second kappa shape index (κ2) is 4.78. The van der Waals surface area contributed by atoms with Gasteiger partial charge in [-0.1, -0.05) is 6.07 Å². The molecule has 3 heteroatoms. The minimum Gasteiger partial charge on any atom is -0.491 e. The first-order chi connectivity index (χ1) is 8.06. The summed E-state index contributed by atoms with van der Waals surface area (Å²) in [6.07, 6.45) is 2.30. The van der Waals surface area contributed by atoms with Crippen molar-refractivity contribution < 1.29 is 14.6 Å². The summed E-state index contributed by atoms with van der Waals surface area (Å²) < 4.78 is 5.64. The van der Waals surface area contributed by atoms with Gasteiger partial charge in [0, 0.05) is 0 Å². The third-order valence-electron chi connectivity index (χ3n) is 3.11. The second-order valence-electron chi connectivity index (χ2n) is 4.86. The fourth-order valence-corrected chi connectivity index (χ4v) is 2.45. The number of rotatable bonds is 4. The number of aryl methyl sites for hydroxylation is 1. The molecule has 1 unspecified atom stereocenters. The Kier molecular flexibility index (Phi) is 3.36. The van der Waals surface area contributed by atoms with Crippen molar-refractivity contribution in [3.63, 3.8) is 0 Å². The number of ether oxygens (including phenoxy) is 1. The molecule has 0 spiro atoms. The van der Waals surface area contributed by atoms with E-state index in [0.717, 1.165) is 18.6 Å². The summed E-state index contributed by atoms with van der Waals surface area (Å²) in [6.45, 7) is 4.00. The summed E-state index contributed by atoms with van der Waals surface area (Å²) in [5.74, 6) is 0.343. The Morgan fingerprint density at radius 1 is 1.53 bits per heavy atom. The van der Waals surface area contributed by atoms with Crippen molar-refractivity contribution in [3.8, 4) is 5.75 Å². The molecular weight excluding hydrogens is 216 g/mol. The molecule has 0 fully saturated rings.